The van der Waals surface area contributed by atoms with E-state index in [1.54, 1.807) is 61.5 Å². The number of nitrogens with zero attached hydrogens (tertiary/aromatic N) is 4. The molecule has 0 unspecified atom stereocenters. The van der Waals surface area contributed by atoms with E-state index in [0.29, 0.717) is 56.4 Å². The van der Waals surface area contributed by atoms with Crippen LogP contribution in [-0.4, -0.2) is 66.2 Å². The molecule has 2 aromatic heterocycles. The molecule has 0 aliphatic rings. The fraction of sp³-hybridized carbons (Fsp3) is 0.324. The lowest BCUT2D eigenvalue weighted by Gasteiger charge is -2.22. The van der Waals surface area contributed by atoms with Crippen LogP contribution in [0.2, 0.25) is 15.1 Å². The number of halogens is 4. The van der Waals surface area contributed by atoms with Crippen LogP contribution in [0.5, 0.6) is 5.75 Å². The number of anilines is 2. The minimum absolute atomic E-state index is 0.139. The lowest BCUT2D eigenvalue weighted by molar-refractivity contribution is 0.184. The van der Waals surface area contributed by atoms with Crippen LogP contribution < -0.4 is 14.8 Å². The van der Waals surface area contributed by atoms with Gasteiger partial charge in [0.1, 0.15) is 12.9 Å². The number of alkyl halides is 1. The number of nitrogens with one attached hydrogen (secondary N) is 2. The van der Waals surface area contributed by atoms with Crippen LogP contribution in [0.15, 0.2) is 76.7 Å². The third-order valence-electron chi connectivity index (χ3n) is 7.49. The Morgan fingerprint density at radius 1 is 1.02 bits per heavy atom. The predicted molar refractivity (Wildman–Crippen MR) is 201 cm³/mol. The molecule has 0 spiro atoms. The van der Waals surface area contributed by atoms with Gasteiger partial charge in [-0.1, -0.05) is 71.1 Å². The number of hydrogen-bond acceptors (Lipinski definition) is 8. The lowest BCUT2D eigenvalue weighted by Crippen LogP contribution is -2.37. The summed E-state index contributed by atoms with van der Waals surface area (Å²) in [5.74, 6) is 1.13. The summed E-state index contributed by atoms with van der Waals surface area (Å²) in [6.07, 6.45) is 7.36. The second kappa shape index (κ2) is 18.5. The monoisotopic (exact) mass is 782 g/mol. The van der Waals surface area contributed by atoms with Crippen molar-refractivity contribution < 1.29 is 22.5 Å². The van der Waals surface area contributed by atoms with Crippen molar-refractivity contribution >= 4 is 84.8 Å². The normalized spacial score (nSPS) is 11.2. The molecule has 5 aromatic rings. The minimum atomic E-state index is -3.82. The Bertz CT molecular complexity index is 1970. The topological polar surface area (TPSA) is 132 Å². The number of aryl methyl sites for hydroxylation is 1. The molecule has 0 fully saturated rings. The molecule has 268 valence electrons. The Kier molecular flexibility index (Phi) is 14.5. The summed E-state index contributed by atoms with van der Waals surface area (Å²) < 4.78 is 40.6. The summed E-state index contributed by atoms with van der Waals surface area (Å²) in [7, 11) is -3.82. The second-order valence-corrected chi connectivity index (χ2v) is 14.4. The Morgan fingerprint density at radius 3 is 2.38 bits per heavy atom. The number of hydrogen-bond donors (Lipinski definition) is 2. The summed E-state index contributed by atoms with van der Waals surface area (Å²) in [4.78, 5) is 18.1. The molecule has 3 aromatic carbocycles. The number of aromatic nitrogens is 3. The number of benzene rings is 3. The molecule has 5 rings (SSSR count). The highest BCUT2D eigenvalue weighted by atomic mass is 35.5. The van der Waals surface area contributed by atoms with Gasteiger partial charge in [-0.3, -0.25) is 4.57 Å². The summed E-state index contributed by atoms with van der Waals surface area (Å²) in [5, 5.41) is 9.76. The van der Waals surface area contributed by atoms with Gasteiger partial charge in [-0.05, 0) is 57.4 Å². The zero-order valence-corrected chi connectivity index (χ0v) is 31.6. The molecular formula is C34H38Cl4N6O5S. The van der Waals surface area contributed by atoms with Gasteiger partial charge < -0.3 is 19.5 Å². The third kappa shape index (κ3) is 10.2. The highest BCUT2D eigenvalue weighted by molar-refractivity contribution is 7.93. The molecule has 0 bridgehead atoms. The van der Waals surface area contributed by atoms with E-state index in [2.05, 4.69) is 20.2 Å². The Balaban J connectivity index is 0.000000228. The SMILES string of the molecule is CCCN(CCOc1c(Cl)cc(Cl)cc1Cl)C(=O)n1ccnc1.Cc1noc(NS(=O)(=O)c2cccc3c(NCCCCCl)cccc23)c1C. The van der Waals surface area contributed by atoms with Gasteiger partial charge >= 0.3 is 6.03 Å². The van der Waals surface area contributed by atoms with Crippen molar-refractivity contribution in [1.29, 1.82) is 0 Å². The predicted octanol–water partition coefficient (Wildman–Crippen LogP) is 9.28. The van der Waals surface area contributed by atoms with Crippen LogP contribution in [0.3, 0.4) is 0 Å². The highest BCUT2D eigenvalue weighted by Crippen LogP contribution is 2.36. The zero-order chi connectivity index (χ0) is 36.3. The van der Waals surface area contributed by atoms with Crippen molar-refractivity contribution in [3.63, 3.8) is 0 Å². The lowest BCUT2D eigenvalue weighted by atomic mass is 10.1. The van der Waals surface area contributed by atoms with E-state index in [0.717, 1.165) is 36.9 Å². The molecule has 16 heteroatoms. The Labute approximate surface area is 311 Å². The molecule has 0 atom stereocenters. The molecule has 0 saturated carbocycles. The summed E-state index contributed by atoms with van der Waals surface area (Å²) in [6, 6.07) is 13.8. The quantitative estimate of drug-likeness (QED) is 0.0842. The molecule has 0 aliphatic heterocycles. The number of ether oxygens (including phenoxy) is 1. The molecule has 50 heavy (non-hydrogen) atoms. The molecule has 0 aliphatic carbocycles. The number of amides is 1. The van der Waals surface area contributed by atoms with Gasteiger partial charge in [-0.15, -0.1) is 11.6 Å². The third-order valence-corrected chi connectivity index (χ3v) is 9.93. The van der Waals surface area contributed by atoms with Gasteiger partial charge in [0, 0.05) is 58.4 Å². The minimum Gasteiger partial charge on any atom is -0.489 e. The van der Waals surface area contributed by atoms with E-state index in [1.807, 2.05) is 25.1 Å². The van der Waals surface area contributed by atoms with E-state index >= 15 is 0 Å². The first kappa shape index (κ1) is 39.1. The number of fused-ring (bicyclic) bond motifs is 1. The maximum Gasteiger partial charge on any atom is 0.329 e. The number of carbonyl (C=O) groups is 1. The van der Waals surface area contributed by atoms with Crippen molar-refractivity contribution in [3.05, 3.63) is 93.6 Å². The zero-order valence-electron chi connectivity index (χ0n) is 27.8. The fourth-order valence-electron chi connectivity index (χ4n) is 4.83. The standard InChI is InChI=1S/C19H22ClN3O3S.C15H16Cl3N3O2/c1-13-14(2)22-26-19(13)23-27(24,25)18-10-6-7-15-16(18)8-5-9-17(15)21-12-4-3-11-20;1-2-4-20(15(22)21-5-3-19-10-21)6-7-23-14-12(17)8-11(16)9-13(14)18/h5-10,21,23H,3-4,11-12H2,1-2H3;3,5,8-10H,2,4,6-7H2,1H3. The van der Waals surface area contributed by atoms with Crippen molar-refractivity contribution in [1.82, 2.24) is 19.6 Å². The first-order valence-electron chi connectivity index (χ1n) is 15.8. The maximum absolute atomic E-state index is 13.0. The van der Waals surface area contributed by atoms with Crippen molar-refractivity contribution in [2.24, 2.45) is 0 Å². The van der Waals surface area contributed by atoms with E-state index in [9.17, 15) is 13.2 Å². The van der Waals surface area contributed by atoms with Crippen molar-refractivity contribution in [2.75, 3.05) is 42.2 Å². The van der Waals surface area contributed by atoms with Crippen LogP contribution >= 0.6 is 46.4 Å². The van der Waals surface area contributed by atoms with Gasteiger partial charge in [0.25, 0.3) is 10.0 Å². The van der Waals surface area contributed by atoms with Gasteiger partial charge in [-0.25, -0.2) is 22.9 Å². The van der Waals surface area contributed by atoms with E-state index in [-0.39, 0.29) is 23.4 Å². The van der Waals surface area contributed by atoms with Crippen molar-refractivity contribution in [3.8, 4) is 5.75 Å². The molecule has 11 nitrogen and oxygen atoms in total. The average molecular weight is 785 g/mol. The fourth-order valence-corrected chi connectivity index (χ4v) is 7.22. The largest absolute Gasteiger partial charge is 0.489 e. The first-order chi connectivity index (χ1) is 24.0. The summed E-state index contributed by atoms with van der Waals surface area (Å²) >= 11 is 23.7. The Morgan fingerprint density at radius 2 is 1.74 bits per heavy atom. The number of unbranched alkanes of at least 4 members (excludes halogenated alkanes) is 1. The number of imidazole rings is 1. The second-order valence-electron chi connectivity index (χ2n) is 11.1. The van der Waals surface area contributed by atoms with Crippen LogP contribution in [0, 0.1) is 13.8 Å². The van der Waals surface area contributed by atoms with E-state index in [1.165, 1.54) is 10.9 Å². The highest BCUT2D eigenvalue weighted by Gasteiger charge is 2.22. The summed E-state index contributed by atoms with van der Waals surface area (Å²) in [6.45, 7) is 7.58. The van der Waals surface area contributed by atoms with Gasteiger partial charge in [-0.2, -0.15) is 0 Å². The van der Waals surface area contributed by atoms with Gasteiger partial charge in [0.2, 0.25) is 5.88 Å². The molecule has 0 saturated heterocycles. The Hall–Kier alpha value is -3.68. The van der Waals surface area contributed by atoms with Crippen LogP contribution in [-0.2, 0) is 10.0 Å². The average Bonchev–Trinajstić information content (AvgIpc) is 3.74. The molecule has 2 heterocycles. The molecular weight excluding hydrogens is 746 g/mol. The van der Waals surface area contributed by atoms with Crippen LogP contribution in [0.1, 0.15) is 37.4 Å². The van der Waals surface area contributed by atoms with Crippen molar-refractivity contribution in [2.45, 2.75) is 44.9 Å². The first-order valence-corrected chi connectivity index (χ1v) is 18.9. The van der Waals surface area contributed by atoms with Crippen LogP contribution in [0.25, 0.3) is 10.8 Å². The van der Waals surface area contributed by atoms with Gasteiger partial charge in [0.15, 0.2) is 5.75 Å². The molecule has 2 N–H and O–H groups in total. The number of rotatable bonds is 14. The number of sulfonamides is 1. The van der Waals surface area contributed by atoms with Crippen LogP contribution in [0.4, 0.5) is 16.4 Å². The molecule has 1 amide bonds. The van der Waals surface area contributed by atoms with E-state index < -0.39 is 10.0 Å². The maximum atomic E-state index is 13.0. The van der Waals surface area contributed by atoms with Gasteiger partial charge in [0.05, 0.1) is 27.2 Å². The number of carbonyl (C=O) groups excluding carboxylic acids is 1. The summed E-state index contributed by atoms with van der Waals surface area (Å²) in [5.41, 5.74) is 2.21. The smallest absolute Gasteiger partial charge is 0.329 e. The van der Waals surface area contributed by atoms with E-state index in [4.69, 9.17) is 55.7 Å². The molecule has 0 radical (unpaired) electrons.